The highest BCUT2D eigenvalue weighted by atomic mass is 16.5. The van der Waals surface area contributed by atoms with Crippen LogP contribution in [0.25, 0.3) is 11.0 Å². The summed E-state index contributed by atoms with van der Waals surface area (Å²) in [6.45, 7) is 9.22. The topological polar surface area (TPSA) is 94.5 Å². The van der Waals surface area contributed by atoms with Gasteiger partial charge in [0.2, 0.25) is 5.91 Å². The number of aromatic nitrogens is 2. The molecule has 0 aromatic carbocycles. The quantitative estimate of drug-likeness (QED) is 0.579. The van der Waals surface area contributed by atoms with Crippen molar-refractivity contribution in [1.82, 2.24) is 9.55 Å². The van der Waals surface area contributed by atoms with Crippen LogP contribution in [0.2, 0.25) is 0 Å². The van der Waals surface area contributed by atoms with Gasteiger partial charge in [-0.2, -0.15) is 0 Å². The number of pyridine rings is 1. The molecule has 1 fully saturated rings. The largest absolute Gasteiger partial charge is 0.464 e. The molecule has 2 aromatic rings. The third-order valence-corrected chi connectivity index (χ3v) is 6.02. The first-order valence-electron chi connectivity index (χ1n) is 11.2. The molecule has 1 amide bonds. The lowest BCUT2D eigenvalue weighted by Gasteiger charge is -2.15. The maximum absolute atomic E-state index is 12.8. The average Bonchev–Trinajstić information content (AvgIpc) is 3.39. The summed E-state index contributed by atoms with van der Waals surface area (Å²) in [5, 5.41) is 7.12. The molecule has 0 spiro atoms. The minimum absolute atomic E-state index is 0.00293. The lowest BCUT2D eigenvalue weighted by molar-refractivity contribution is -0.119. The zero-order valence-corrected chi connectivity index (χ0v) is 19.2. The molecule has 3 heterocycles. The molecule has 3 rings (SSSR count). The van der Waals surface area contributed by atoms with Crippen molar-refractivity contribution in [2.75, 3.05) is 24.4 Å². The van der Waals surface area contributed by atoms with Crippen LogP contribution in [0, 0.1) is 5.92 Å². The first kappa shape index (κ1) is 23.1. The number of nitrogens with zero attached hydrogens (tertiary/aromatic N) is 2. The number of ether oxygens (including phenoxy) is 2. The Bertz CT molecular complexity index is 933. The van der Waals surface area contributed by atoms with Gasteiger partial charge in [0.05, 0.1) is 37.3 Å². The lowest BCUT2D eigenvalue weighted by atomic mass is 10.1. The Hall–Kier alpha value is -2.61. The van der Waals surface area contributed by atoms with Gasteiger partial charge >= 0.3 is 5.97 Å². The molecule has 8 nitrogen and oxygen atoms in total. The van der Waals surface area contributed by atoms with Gasteiger partial charge in [0.15, 0.2) is 5.69 Å². The minimum atomic E-state index is -0.508. The number of hydrogen-bond acceptors (Lipinski definition) is 6. The van der Waals surface area contributed by atoms with E-state index in [4.69, 9.17) is 9.47 Å². The summed E-state index contributed by atoms with van der Waals surface area (Å²) >= 11 is 0. The van der Waals surface area contributed by atoms with Crippen molar-refractivity contribution in [2.24, 2.45) is 5.92 Å². The molecule has 170 valence electrons. The molecule has 3 atom stereocenters. The number of nitrogens with one attached hydrogen (secondary N) is 2. The Morgan fingerprint density at radius 2 is 2.10 bits per heavy atom. The average molecular weight is 431 g/mol. The Labute approximate surface area is 183 Å². The number of anilines is 2. The predicted octanol–water partition coefficient (Wildman–Crippen LogP) is 4.20. The second kappa shape index (κ2) is 10.1. The first-order chi connectivity index (χ1) is 14.9. The SMILES string of the molecule is CC[C@@H](C)Nc1cnc2c(c1)c(NC(=O)[C@@H](C)CC)c(C(=O)OC)n2C[C@@H]1CCCO1. The summed E-state index contributed by atoms with van der Waals surface area (Å²) in [4.78, 5) is 30.3. The van der Waals surface area contributed by atoms with E-state index in [1.54, 1.807) is 6.20 Å². The third kappa shape index (κ3) is 5.01. The number of fused-ring (bicyclic) bond motifs is 1. The molecule has 1 saturated heterocycles. The Balaban J connectivity index is 2.16. The maximum Gasteiger partial charge on any atom is 0.356 e. The van der Waals surface area contributed by atoms with Crippen molar-refractivity contribution in [3.63, 3.8) is 0 Å². The zero-order valence-electron chi connectivity index (χ0n) is 19.2. The van der Waals surface area contributed by atoms with Crippen LogP contribution in [0.1, 0.15) is 63.9 Å². The number of amides is 1. The van der Waals surface area contributed by atoms with Crippen LogP contribution < -0.4 is 10.6 Å². The van der Waals surface area contributed by atoms with E-state index in [9.17, 15) is 9.59 Å². The predicted molar refractivity (Wildman–Crippen MR) is 122 cm³/mol. The van der Waals surface area contributed by atoms with Crippen LogP contribution in [0.5, 0.6) is 0 Å². The van der Waals surface area contributed by atoms with Crippen LogP contribution in [-0.4, -0.2) is 47.3 Å². The summed E-state index contributed by atoms with van der Waals surface area (Å²) in [5.74, 6) is -0.826. The summed E-state index contributed by atoms with van der Waals surface area (Å²) in [5.41, 5.74) is 2.22. The maximum atomic E-state index is 12.8. The fourth-order valence-corrected chi connectivity index (χ4v) is 3.73. The summed E-state index contributed by atoms with van der Waals surface area (Å²) in [6, 6.07) is 2.21. The monoisotopic (exact) mass is 430 g/mol. The van der Waals surface area contributed by atoms with Crippen LogP contribution in [0.3, 0.4) is 0 Å². The Morgan fingerprint density at radius 1 is 1.32 bits per heavy atom. The summed E-state index contributed by atoms with van der Waals surface area (Å²) < 4.78 is 12.7. The number of methoxy groups -OCH3 is 1. The van der Waals surface area contributed by atoms with E-state index in [0.29, 0.717) is 42.0 Å². The van der Waals surface area contributed by atoms with Crippen molar-refractivity contribution in [1.29, 1.82) is 0 Å². The normalized spacial score (nSPS) is 18.0. The van der Waals surface area contributed by atoms with E-state index < -0.39 is 5.97 Å². The van der Waals surface area contributed by atoms with Gasteiger partial charge in [-0.25, -0.2) is 9.78 Å². The second-order valence-electron chi connectivity index (χ2n) is 8.31. The third-order valence-electron chi connectivity index (χ3n) is 6.02. The van der Waals surface area contributed by atoms with Gasteiger partial charge in [0.25, 0.3) is 0 Å². The van der Waals surface area contributed by atoms with E-state index >= 15 is 0 Å². The van der Waals surface area contributed by atoms with Crippen molar-refractivity contribution in [2.45, 2.75) is 72.1 Å². The minimum Gasteiger partial charge on any atom is -0.464 e. The molecule has 2 N–H and O–H groups in total. The molecule has 1 aliphatic heterocycles. The van der Waals surface area contributed by atoms with Crippen molar-refractivity contribution < 1.29 is 19.1 Å². The Kier molecular flexibility index (Phi) is 7.54. The van der Waals surface area contributed by atoms with Gasteiger partial charge < -0.3 is 24.7 Å². The molecule has 8 heteroatoms. The Morgan fingerprint density at radius 3 is 2.71 bits per heavy atom. The highest BCUT2D eigenvalue weighted by molar-refractivity contribution is 6.11. The molecular weight excluding hydrogens is 396 g/mol. The first-order valence-corrected chi connectivity index (χ1v) is 11.2. The second-order valence-corrected chi connectivity index (χ2v) is 8.31. The van der Waals surface area contributed by atoms with Gasteiger partial charge in [0.1, 0.15) is 5.65 Å². The molecule has 0 unspecified atom stereocenters. The number of esters is 1. The van der Waals surface area contributed by atoms with Crippen molar-refractivity contribution >= 4 is 34.3 Å². The van der Waals surface area contributed by atoms with Crippen LogP contribution in [-0.2, 0) is 20.8 Å². The van der Waals surface area contributed by atoms with Gasteiger partial charge in [0, 0.05) is 24.0 Å². The molecule has 0 radical (unpaired) electrons. The number of carbonyl (C=O) groups excluding carboxylic acids is 2. The zero-order chi connectivity index (χ0) is 22.5. The number of hydrogen-bond donors (Lipinski definition) is 2. The molecule has 0 bridgehead atoms. The van der Waals surface area contributed by atoms with Crippen LogP contribution in [0.4, 0.5) is 11.4 Å². The van der Waals surface area contributed by atoms with Gasteiger partial charge in [-0.15, -0.1) is 0 Å². The smallest absolute Gasteiger partial charge is 0.356 e. The fraction of sp³-hybridized carbons (Fsp3) is 0.609. The molecule has 1 aliphatic rings. The highest BCUT2D eigenvalue weighted by Gasteiger charge is 2.29. The lowest BCUT2D eigenvalue weighted by Crippen LogP contribution is -2.23. The van der Waals surface area contributed by atoms with Gasteiger partial charge in [-0.05, 0) is 38.7 Å². The standard InChI is InChI=1S/C23H34N4O4/c1-6-14(3)22(28)26-19-18-11-16(25-15(4)7-2)12-24-21(18)27(20(19)23(29)30-5)13-17-9-8-10-31-17/h11-12,14-15,17,25H,6-10,13H2,1-5H3,(H,26,28)/t14-,15+,17-/m0/s1. The fourth-order valence-electron chi connectivity index (χ4n) is 3.73. The number of rotatable bonds is 9. The summed E-state index contributed by atoms with van der Waals surface area (Å²) in [7, 11) is 1.35. The van der Waals surface area contributed by atoms with E-state index in [2.05, 4.69) is 29.5 Å². The molecule has 31 heavy (non-hydrogen) atoms. The van der Waals surface area contributed by atoms with E-state index in [1.165, 1.54) is 7.11 Å². The van der Waals surface area contributed by atoms with Crippen LogP contribution >= 0.6 is 0 Å². The molecule has 0 aliphatic carbocycles. The van der Waals surface area contributed by atoms with Crippen molar-refractivity contribution in [3.8, 4) is 0 Å². The van der Waals surface area contributed by atoms with E-state index in [-0.39, 0.29) is 24.0 Å². The molecule has 0 saturated carbocycles. The molecule has 2 aromatic heterocycles. The van der Waals surface area contributed by atoms with E-state index in [0.717, 1.165) is 24.9 Å². The molecular formula is C23H34N4O4. The highest BCUT2D eigenvalue weighted by Crippen LogP contribution is 2.34. The summed E-state index contributed by atoms with van der Waals surface area (Å²) in [6.07, 6.45) is 5.34. The van der Waals surface area contributed by atoms with Crippen molar-refractivity contribution in [3.05, 3.63) is 18.0 Å². The number of carbonyl (C=O) groups is 2. The van der Waals surface area contributed by atoms with Crippen LogP contribution in [0.15, 0.2) is 12.3 Å². The van der Waals surface area contributed by atoms with Gasteiger partial charge in [-0.3, -0.25) is 4.79 Å². The van der Waals surface area contributed by atoms with E-state index in [1.807, 2.05) is 24.5 Å². The van der Waals surface area contributed by atoms with Gasteiger partial charge in [-0.1, -0.05) is 20.8 Å².